The number of aromatic nitrogens is 2. The molecule has 1 aromatic carbocycles. The summed E-state index contributed by atoms with van der Waals surface area (Å²) in [6.07, 6.45) is 1.77. The van der Waals surface area contributed by atoms with Gasteiger partial charge in [-0.3, -0.25) is 14.2 Å². The predicted molar refractivity (Wildman–Crippen MR) is 96.2 cm³/mol. The van der Waals surface area contributed by atoms with E-state index in [1.807, 2.05) is 43.5 Å². The molecular weight excluding hydrogens is 322 g/mol. The van der Waals surface area contributed by atoms with Crippen molar-refractivity contribution in [2.45, 2.75) is 32.9 Å². The Morgan fingerprint density at radius 2 is 2.17 bits per heavy atom. The van der Waals surface area contributed by atoms with E-state index >= 15 is 0 Å². The number of amides is 1. The number of rotatable bonds is 5. The molecule has 1 N–H and O–H groups in total. The summed E-state index contributed by atoms with van der Waals surface area (Å²) in [4.78, 5) is 30.1. The first-order chi connectivity index (χ1) is 11.6. The maximum absolute atomic E-state index is 12.5. The lowest BCUT2D eigenvalue weighted by molar-refractivity contribution is -0.121. The highest BCUT2D eigenvalue weighted by Crippen LogP contribution is 2.18. The molecule has 2 heterocycles. The number of hydrogen-bond donors (Lipinski definition) is 1. The van der Waals surface area contributed by atoms with Crippen LogP contribution < -0.4 is 10.9 Å². The standard InChI is InChI=1S/C18H19N3O2S/c1-12-5-3-6-14-17(12)19-11-21(18(14)23)9-8-16(22)20-13(2)15-7-4-10-24-15/h3-7,10-11,13H,8-9H2,1-2H3,(H,20,22)/t13-/m1/s1. The molecule has 1 amide bonds. The molecule has 1 atom stereocenters. The zero-order chi connectivity index (χ0) is 17.1. The average Bonchev–Trinajstić information content (AvgIpc) is 3.09. The van der Waals surface area contributed by atoms with Gasteiger partial charge in [0.25, 0.3) is 5.56 Å². The van der Waals surface area contributed by atoms with Crippen LogP contribution in [0, 0.1) is 6.92 Å². The summed E-state index contributed by atoms with van der Waals surface area (Å²) in [7, 11) is 0. The average molecular weight is 341 g/mol. The van der Waals surface area contributed by atoms with Crippen molar-refractivity contribution in [2.24, 2.45) is 0 Å². The molecule has 2 aromatic heterocycles. The summed E-state index contributed by atoms with van der Waals surface area (Å²) in [6.45, 7) is 4.20. The summed E-state index contributed by atoms with van der Waals surface area (Å²) in [5, 5.41) is 5.53. The number of carbonyl (C=O) groups excluding carboxylic acids is 1. The summed E-state index contributed by atoms with van der Waals surface area (Å²) in [5.74, 6) is -0.0767. The molecule has 0 aliphatic carbocycles. The highest BCUT2D eigenvalue weighted by Gasteiger charge is 2.11. The van der Waals surface area contributed by atoms with Gasteiger partial charge in [-0.1, -0.05) is 18.2 Å². The molecule has 0 bridgehead atoms. The number of thiophene rings is 1. The van der Waals surface area contributed by atoms with Gasteiger partial charge >= 0.3 is 0 Å². The summed E-state index contributed by atoms with van der Waals surface area (Å²) in [5.41, 5.74) is 1.58. The van der Waals surface area contributed by atoms with Crippen LogP contribution in [-0.4, -0.2) is 15.5 Å². The Morgan fingerprint density at radius 1 is 1.33 bits per heavy atom. The van der Waals surface area contributed by atoms with Crippen LogP contribution >= 0.6 is 11.3 Å². The summed E-state index contributed by atoms with van der Waals surface area (Å²) < 4.78 is 1.50. The fourth-order valence-electron chi connectivity index (χ4n) is 2.64. The van der Waals surface area contributed by atoms with Gasteiger partial charge in [-0.15, -0.1) is 11.3 Å². The molecule has 0 saturated carbocycles. The second-order valence-corrected chi connectivity index (χ2v) is 6.75. The van der Waals surface area contributed by atoms with Gasteiger partial charge < -0.3 is 5.32 Å². The van der Waals surface area contributed by atoms with E-state index in [0.717, 1.165) is 16.0 Å². The molecule has 0 unspecified atom stereocenters. The third-order valence-electron chi connectivity index (χ3n) is 3.98. The maximum Gasteiger partial charge on any atom is 0.261 e. The van der Waals surface area contributed by atoms with E-state index in [4.69, 9.17) is 0 Å². The highest BCUT2D eigenvalue weighted by molar-refractivity contribution is 7.10. The Bertz CT molecular complexity index is 916. The van der Waals surface area contributed by atoms with Crippen molar-refractivity contribution in [3.8, 4) is 0 Å². The first-order valence-corrected chi connectivity index (χ1v) is 8.72. The molecule has 0 spiro atoms. The highest BCUT2D eigenvalue weighted by atomic mass is 32.1. The van der Waals surface area contributed by atoms with E-state index < -0.39 is 0 Å². The first-order valence-electron chi connectivity index (χ1n) is 7.84. The van der Waals surface area contributed by atoms with Crippen LogP contribution in [0.15, 0.2) is 46.8 Å². The molecule has 0 fully saturated rings. The van der Waals surface area contributed by atoms with Crippen molar-refractivity contribution in [2.75, 3.05) is 0 Å². The third-order valence-corrected chi connectivity index (χ3v) is 5.04. The molecule has 0 aliphatic rings. The Morgan fingerprint density at radius 3 is 2.92 bits per heavy atom. The second kappa shape index (κ2) is 6.97. The van der Waals surface area contributed by atoms with Gasteiger partial charge in [-0.2, -0.15) is 0 Å². The van der Waals surface area contributed by atoms with Crippen LogP contribution in [0.5, 0.6) is 0 Å². The SMILES string of the molecule is Cc1cccc2c(=O)n(CCC(=O)N[C@H](C)c3cccs3)cnc12. The van der Waals surface area contributed by atoms with Crippen molar-refractivity contribution in [3.05, 3.63) is 62.8 Å². The van der Waals surface area contributed by atoms with Crippen molar-refractivity contribution in [1.82, 2.24) is 14.9 Å². The first kappa shape index (κ1) is 16.4. The van der Waals surface area contributed by atoms with E-state index in [1.54, 1.807) is 17.4 Å². The molecular formula is C18H19N3O2S. The van der Waals surface area contributed by atoms with Crippen LogP contribution in [0.4, 0.5) is 0 Å². The molecule has 24 heavy (non-hydrogen) atoms. The lowest BCUT2D eigenvalue weighted by atomic mass is 10.1. The van der Waals surface area contributed by atoms with Gasteiger partial charge in [0.05, 0.1) is 23.3 Å². The summed E-state index contributed by atoms with van der Waals surface area (Å²) in [6, 6.07) is 9.49. The largest absolute Gasteiger partial charge is 0.349 e. The maximum atomic E-state index is 12.5. The molecule has 3 aromatic rings. The zero-order valence-electron chi connectivity index (χ0n) is 13.7. The Labute approximate surface area is 144 Å². The summed E-state index contributed by atoms with van der Waals surface area (Å²) >= 11 is 1.61. The molecule has 124 valence electrons. The van der Waals surface area contributed by atoms with Crippen LogP contribution in [0.2, 0.25) is 0 Å². The van der Waals surface area contributed by atoms with Crippen molar-refractivity contribution < 1.29 is 4.79 Å². The predicted octanol–water partition coefficient (Wildman–Crippen LogP) is 3.03. The van der Waals surface area contributed by atoms with Crippen LogP contribution in [0.25, 0.3) is 10.9 Å². The number of carbonyl (C=O) groups is 1. The molecule has 0 saturated heterocycles. The molecule has 0 aliphatic heterocycles. The van der Waals surface area contributed by atoms with Crippen LogP contribution in [-0.2, 0) is 11.3 Å². The number of aryl methyl sites for hydroxylation is 2. The number of para-hydroxylation sites is 1. The minimum Gasteiger partial charge on any atom is -0.349 e. The van der Waals surface area contributed by atoms with Crippen molar-refractivity contribution >= 4 is 28.1 Å². The zero-order valence-corrected chi connectivity index (χ0v) is 14.5. The number of hydrogen-bond acceptors (Lipinski definition) is 4. The normalized spacial score (nSPS) is 12.2. The Hall–Kier alpha value is -2.47. The number of benzene rings is 1. The molecule has 0 radical (unpaired) electrons. The third kappa shape index (κ3) is 3.38. The van der Waals surface area contributed by atoms with Gasteiger partial charge in [-0.05, 0) is 36.9 Å². The molecule has 6 heteroatoms. The second-order valence-electron chi connectivity index (χ2n) is 5.77. The number of nitrogens with zero attached hydrogens (tertiary/aromatic N) is 2. The van der Waals surface area contributed by atoms with E-state index in [-0.39, 0.29) is 23.9 Å². The lowest BCUT2D eigenvalue weighted by Crippen LogP contribution is -2.29. The van der Waals surface area contributed by atoms with Crippen LogP contribution in [0.3, 0.4) is 0 Å². The van der Waals surface area contributed by atoms with E-state index in [9.17, 15) is 9.59 Å². The number of nitrogens with one attached hydrogen (secondary N) is 1. The minimum atomic E-state index is -0.109. The fourth-order valence-corrected chi connectivity index (χ4v) is 3.38. The lowest BCUT2D eigenvalue weighted by Gasteiger charge is -2.13. The smallest absolute Gasteiger partial charge is 0.261 e. The van der Waals surface area contributed by atoms with E-state index in [0.29, 0.717) is 11.9 Å². The molecule has 5 nitrogen and oxygen atoms in total. The van der Waals surface area contributed by atoms with Crippen molar-refractivity contribution in [1.29, 1.82) is 0 Å². The van der Waals surface area contributed by atoms with Gasteiger partial charge in [-0.25, -0.2) is 4.98 Å². The van der Waals surface area contributed by atoms with E-state index in [2.05, 4.69) is 10.3 Å². The topological polar surface area (TPSA) is 64.0 Å². The van der Waals surface area contributed by atoms with E-state index in [1.165, 1.54) is 10.9 Å². The minimum absolute atomic E-state index is 0.0217. The number of fused-ring (bicyclic) bond motifs is 1. The van der Waals surface area contributed by atoms with Gasteiger partial charge in [0, 0.05) is 17.8 Å². The van der Waals surface area contributed by atoms with Crippen LogP contribution in [0.1, 0.15) is 29.8 Å². The monoisotopic (exact) mass is 341 g/mol. The fraction of sp³-hybridized carbons (Fsp3) is 0.278. The van der Waals surface area contributed by atoms with Crippen molar-refractivity contribution in [3.63, 3.8) is 0 Å². The van der Waals surface area contributed by atoms with Gasteiger partial charge in [0.1, 0.15) is 0 Å². The molecule has 3 rings (SSSR count). The quantitative estimate of drug-likeness (QED) is 0.776. The van der Waals surface area contributed by atoms with Gasteiger partial charge in [0.15, 0.2) is 0 Å². The Kier molecular flexibility index (Phi) is 4.76. The Balaban J connectivity index is 1.68. The van der Waals surface area contributed by atoms with Gasteiger partial charge in [0.2, 0.25) is 5.91 Å².